The first kappa shape index (κ1) is 25.3. The monoisotopic (exact) mass is 461 g/mol. The summed E-state index contributed by atoms with van der Waals surface area (Å²) in [5.74, 6) is -0.117. The van der Waals surface area contributed by atoms with E-state index in [2.05, 4.69) is 13.8 Å². The topological polar surface area (TPSA) is 47.3 Å². The van der Waals surface area contributed by atoms with E-state index in [-0.39, 0.29) is 10.8 Å². The minimum Gasteiger partial charge on any atom is -0.304 e. The summed E-state index contributed by atoms with van der Waals surface area (Å²) < 4.78 is 40.2. The van der Waals surface area contributed by atoms with Gasteiger partial charge in [0.1, 0.15) is 5.54 Å². The Bertz CT molecular complexity index is 1050. The third-order valence-electron chi connectivity index (χ3n) is 5.17. The maximum absolute atomic E-state index is 13.4. The predicted molar refractivity (Wildman–Crippen MR) is 125 cm³/mol. The molecule has 0 radical (unpaired) electrons. The van der Waals surface area contributed by atoms with E-state index >= 15 is 0 Å². The number of hydrogen-bond acceptors (Lipinski definition) is 3. The summed E-state index contributed by atoms with van der Waals surface area (Å²) in [6.45, 7) is 11.5. The molecule has 3 rings (SSSR count). The van der Waals surface area contributed by atoms with Gasteiger partial charge in [0.25, 0.3) is 5.91 Å². The number of benzene rings is 2. The zero-order valence-electron chi connectivity index (χ0n) is 18.9. The van der Waals surface area contributed by atoms with Crippen LogP contribution in [0.5, 0.6) is 0 Å². The standard InChI is InChI=1S/C22H20F3N3OS.C2H6/c1-13(2)14-5-8-16(9-6-14)28-20(30)27(19(29)21(28,3)4)17-10-7-15(12-26)18(11-17)22(23,24)25;1-2/h5-11,13H,1-4H3;1-2H3. The normalized spacial score (nSPS) is 15.5. The van der Waals surface area contributed by atoms with Gasteiger partial charge in [0.2, 0.25) is 0 Å². The molecule has 1 fully saturated rings. The molecule has 2 aromatic rings. The number of anilines is 2. The summed E-state index contributed by atoms with van der Waals surface area (Å²) in [6, 6.07) is 12.3. The molecule has 1 aliphatic rings. The number of hydrogen-bond donors (Lipinski definition) is 0. The van der Waals surface area contributed by atoms with Crippen LogP contribution in [0.3, 0.4) is 0 Å². The maximum Gasteiger partial charge on any atom is 0.417 e. The third kappa shape index (κ3) is 4.49. The average molecular weight is 462 g/mol. The van der Waals surface area contributed by atoms with Crippen LogP contribution in [0.25, 0.3) is 0 Å². The Labute approximate surface area is 192 Å². The molecule has 1 amide bonds. The predicted octanol–water partition coefficient (Wildman–Crippen LogP) is 6.64. The summed E-state index contributed by atoms with van der Waals surface area (Å²) in [5, 5.41) is 9.10. The maximum atomic E-state index is 13.4. The summed E-state index contributed by atoms with van der Waals surface area (Å²) in [7, 11) is 0. The second-order valence-electron chi connectivity index (χ2n) is 7.90. The van der Waals surface area contributed by atoms with E-state index in [0.29, 0.717) is 11.6 Å². The van der Waals surface area contributed by atoms with Gasteiger partial charge in [-0.3, -0.25) is 9.69 Å². The van der Waals surface area contributed by atoms with Gasteiger partial charge in [-0.2, -0.15) is 18.4 Å². The van der Waals surface area contributed by atoms with E-state index in [1.54, 1.807) is 24.8 Å². The van der Waals surface area contributed by atoms with Crippen LogP contribution < -0.4 is 9.80 Å². The number of rotatable bonds is 3. The largest absolute Gasteiger partial charge is 0.417 e. The Morgan fingerprint density at radius 3 is 2.03 bits per heavy atom. The van der Waals surface area contributed by atoms with Crippen molar-refractivity contribution < 1.29 is 18.0 Å². The van der Waals surface area contributed by atoms with Gasteiger partial charge in [0, 0.05) is 5.69 Å². The van der Waals surface area contributed by atoms with Gasteiger partial charge in [-0.25, -0.2) is 0 Å². The van der Waals surface area contributed by atoms with E-state index in [1.807, 2.05) is 38.1 Å². The van der Waals surface area contributed by atoms with Gasteiger partial charge in [-0.15, -0.1) is 0 Å². The number of nitrogens with zero attached hydrogens (tertiary/aromatic N) is 3. The van der Waals surface area contributed by atoms with Crippen LogP contribution in [-0.2, 0) is 11.0 Å². The van der Waals surface area contributed by atoms with Gasteiger partial charge in [0.15, 0.2) is 5.11 Å². The van der Waals surface area contributed by atoms with Gasteiger partial charge in [-0.05, 0) is 67.9 Å². The lowest BCUT2D eigenvalue weighted by Crippen LogP contribution is -2.44. The average Bonchev–Trinajstić information content (AvgIpc) is 2.92. The lowest BCUT2D eigenvalue weighted by atomic mass is 10.0. The number of carbonyl (C=O) groups excluding carboxylic acids is 1. The Morgan fingerprint density at radius 1 is 1.03 bits per heavy atom. The first-order valence-electron chi connectivity index (χ1n) is 10.3. The molecular weight excluding hydrogens is 435 g/mol. The molecule has 1 aliphatic heterocycles. The third-order valence-corrected chi connectivity index (χ3v) is 5.54. The van der Waals surface area contributed by atoms with E-state index in [4.69, 9.17) is 17.5 Å². The first-order valence-corrected chi connectivity index (χ1v) is 10.7. The zero-order valence-corrected chi connectivity index (χ0v) is 19.7. The Kier molecular flexibility index (Phi) is 7.36. The van der Waals surface area contributed by atoms with Crippen molar-refractivity contribution >= 4 is 34.6 Å². The van der Waals surface area contributed by atoms with E-state index < -0.39 is 28.7 Å². The van der Waals surface area contributed by atoms with Crippen molar-refractivity contribution in [2.75, 3.05) is 9.80 Å². The van der Waals surface area contributed by atoms with Crippen LogP contribution >= 0.6 is 12.2 Å². The van der Waals surface area contributed by atoms with Gasteiger partial charge in [-0.1, -0.05) is 39.8 Å². The highest BCUT2D eigenvalue weighted by molar-refractivity contribution is 7.81. The minimum atomic E-state index is -4.73. The van der Waals surface area contributed by atoms with Crippen molar-refractivity contribution in [2.45, 2.75) is 59.2 Å². The van der Waals surface area contributed by atoms with Crippen molar-refractivity contribution in [1.29, 1.82) is 5.26 Å². The lowest BCUT2D eigenvalue weighted by Gasteiger charge is -2.29. The molecule has 170 valence electrons. The summed E-state index contributed by atoms with van der Waals surface area (Å²) in [6.07, 6.45) is -4.73. The van der Waals surface area contributed by atoms with Crippen molar-refractivity contribution in [3.05, 3.63) is 59.2 Å². The van der Waals surface area contributed by atoms with Gasteiger partial charge in [0.05, 0.1) is 22.9 Å². The SMILES string of the molecule is CC.CC(C)c1ccc(N2C(=S)N(c3ccc(C#N)c(C(F)(F)F)c3)C(=O)C2(C)C)cc1. The smallest absolute Gasteiger partial charge is 0.304 e. The molecule has 0 unspecified atom stereocenters. The Balaban J connectivity index is 0.00000176. The fraction of sp³-hybridized carbons (Fsp3) is 0.375. The van der Waals surface area contributed by atoms with Crippen molar-refractivity contribution in [3.63, 3.8) is 0 Å². The number of thiocarbonyl (C=S) groups is 1. The molecule has 0 aromatic heterocycles. The fourth-order valence-electron chi connectivity index (χ4n) is 3.47. The quantitative estimate of drug-likeness (QED) is 0.481. The van der Waals surface area contributed by atoms with Crippen LogP contribution in [0, 0.1) is 11.3 Å². The number of amides is 1. The summed E-state index contributed by atoms with van der Waals surface area (Å²) in [5.41, 5.74) is -0.935. The fourth-order valence-corrected chi connectivity index (χ4v) is 3.99. The van der Waals surface area contributed by atoms with Crippen molar-refractivity contribution in [3.8, 4) is 6.07 Å². The molecule has 0 aliphatic carbocycles. The van der Waals surface area contributed by atoms with Crippen LogP contribution in [-0.4, -0.2) is 16.6 Å². The molecule has 2 aromatic carbocycles. The highest BCUT2D eigenvalue weighted by Crippen LogP contribution is 2.39. The molecule has 1 saturated heterocycles. The van der Waals surface area contributed by atoms with Gasteiger partial charge < -0.3 is 4.90 Å². The lowest BCUT2D eigenvalue weighted by molar-refractivity contribution is -0.137. The van der Waals surface area contributed by atoms with E-state index in [0.717, 1.165) is 22.6 Å². The second-order valence-corrected chi connectivity index (χ2v) is 8.27. The number of halogens is 3. The van der Waals surface area contributed by atoms with E-state index in [1.165, 1.54) is 6.07 Å². The number of alkyl halides is 3. The number of carbonyl (C=O) groups is 1. The van der Waals surface area contributed by atoms with Crippen molar-refractivity contribution in [1.82, 2.24) is 0 Å². The Hall–Kier alpha value is -2.92. The van der Waals surface area contributed by atoms with Crippen LogP contribution in [0.4, 0.5) is 24.5 Å². The first-order chi connectivity index (χ1) is 14.9. The van der Waals surface area contributed by atoms with Crippen LogP contribution in [0.15, 0.2) is 42.5 Å². The highest BCUT2D eigenvalue weighted by atomic mass is 32.1. The van der Waals surface area contributed by atoms with Gasteiger partial charge >= 0.3 is 6.18 Å². The molecule has 0 spiro atoms. The van der Waals surface area contributed by atoms with E-state index in [9.17, 15) is 18.0 Å². The highest BCUT2D eigenvalue weighted by Gasteiger charge is 2.50. The van der Waals surface area contributed by atoms with Crippen LogP contribution in [0.2, 0.25) is 0 Å². The summed E-state index contributed by atoms with van der Waals surface area (Å²) in [4.78, 5) is 15.9. The zero-order chi connectivity index (χ0) is 24.4. The second kappa shape index (κ2) is 9.29. The molecule has 0 bridgehead atoms. The molecule has 4 nitrogen and oxygen atoms in total. The molecule has 0 saturated carbocycles. The minimum absolute atomic E-state index is 0.0225. The molecule has 0 N–H and O–H groups in total. The molecule has 0 atom stereocenters. The Morgan fingerprint density at radius 2 is 1.56 bits per heavy atom. The van der Waals surface area contributed by atoms with Crippen molar-refractivity contribution in [2.24, 2.45) is 0 Å². The molecule has 1 heterocycles. The molecule has 32 heavy (non-hydrogen) atoms. The molecular formula is C24H26F3N3OS. The van der Waals surface area contributed by atoms with Crippen LogP contribution in [0.1, 0.15) is 64.2 Å². The summed E-state index contributed by atoms with van der Waals surface area (Å²) >= 11 is 5.52. The molecule has 8 heteroatoms. The number of nitriles is 1.